The molecule has 2 amide bonds. The zero-order chi connectivity index (χ0) is 22.1. The molecular weight excluding hydrogens is 410 g/mol. The number of rotatable bonds is 6. The molecule has 3 aromatic rings. The van der Waals surface area contributed by atoms with Crippen LogP contribution in [-0.4, -0.2) is 24.0 Å². The highest BCUT2D eigenvalue weighted by molar-refractivity contribution is 7.80. The van der Waals surface area contributed by atoms with Gasteiger partial charge in [-0.2, -0.15) is 0 Å². The van der Waals surface area contributed by atoms with Crippen molar-refractivity contribution in [3.63, 3.8) is 0 Å². The van der Waals surface area contributed by atoms with Gasteiger partial charge in [-0.15, -0.1) is 0 Å². The minimum absolute atomic E-state index is 0.0874. The van der Waals surface area contributed by atoms with Crippen molar-refractivity contribution in [3.8, 4) is 5.75 Å². The van der Waals surface area contributed by atoms with Crippen molar-refractivity contribution in [3.05, 3.63) is 96.1 Å². The van der Waals surface area contributed by atoms with Gasteiger partial charge < -0.3 is 15.4 Å². The maximum absolute atomic E-state index is 12.6. The molecular formula is C24H21N3O3S. The number of anilines is 2. The normalized spacial score (nSPS) is 10.4. The molecule has 0 saturated carbocycles. The van der Waals surface area contributed by atoms with Crippen LogP contribution < -0.4 is 20.7 Å². The summed E-state index contributed by atoms with van der Waals surface area (Å²) in [7, 11) is 1.59. The average Bonchev–Trinajstić information content (AvgIpc) is 2.79. The minimum atomic E-state index is -0.389. The Morgan fingerprint density at radius 1 is 0.871 bits per heavy atom. The molecule has 0 atom stereocenters. The summed E-state index contributed by atoms with van der Waals surface area (Å²) in [5.41, 5.74) is 2.41. The summed E-state index contributed by atoms with van der Waals surface area (Å²) >= 11 is 5.23. The summed E-state index contributed by atoms with van der Waals surface area (Å²) < 4.78 is 5.11. The molecule has 0 heterocycles. The third-order valence-electron chi connectivity index (χ3n) is 4.23. The van der Waals surface area contributed by atoms with Gasteiger partial charge in [-0.1, -0.05) is 42.5 Å². The maximum Gasteiger partial charge on any atom is 0.257 e. The zero-order valence-corrected chi connectivity index (χ0v) is 17.6. The van der Waals surface area contributed by atoms with E-state index in [1.807, 2.05) is 30.3 Å². The molecule has 7 heteroatoms. The molecule has 0 unspecified atom stereocenters. The Bertz CT molecular complexity index is 1100. The lowest BCUT2D eigenvalue weighted by molar-refractivity contribution is -0.115. The molecule has 0 spiro atoms. The molecule has 156 valence electrons. The van der Waals surface area contributed by atoms with Gasteiger partial charge in [0.25, 0.3) is 5.91 Å². The number of carbonyl (C=O) groups excluding carboxylic acids is 2. The summed E-state index contributed by atoms with van der Waals surface area (Å²) in [6.07, 6.45) is 3.04. The molecule has 0 bridgehead atoms. The Kier molecular flexibility index (Phi) is 7.50. The van der Waals surface area contributed by atoms with Crippen molar-refractivity contribution in [2.75, 3.05) is 17.7 Å². The minimum Gasteiger partial charge on any atom is -0.497 e. The van der Waals surface area contributed by atoms with Crippen molar-refractivity contribution in [2.24, 2.45) is 0 Å². The van der Waals surface area contributed by atoms with Gasteiger partial charge in [0.2, 0.25) is 5.91 Å². The number of hydrogen-bond donors (Lipinski definition) is 3. The fourth-order valence-electron chi connectivity index (χ4n) is 2.70. The Labute approximate surface area is 185 Å². The molecule has 31 heavy (non-hydrogen) atoms. The van der Waals surface area contributed by atoms with E-state index in [-0.39, 0.29) is 16.9 Å². The Morgan fingerprint density at radius 2 is 1.55 bits per heavy atom. The Morgan fingerprint density at radius 3 is 2.26 bits per heavy atom. The van der Waals surface area contributed by atoms with Crippen LogP contribution >= 0.6 is 12.2 Å². The van der Waals surface area contributed by atoms with Crippen LogP contribution in [-0.2, 0) is 4.79 Å². The van der Waals surface area contributed by atoms with E-state index in [1.54, 1.807) is 61.7 Å². The molecule has 0 aliphatic rings. The van der Waals surface area contributed by atoms with Crippen molar-refractivity contribution in [1.29, 1.82) is 0 Å². The average molecular weight is 432 g/mol. The lowest BCUT2D eigenvalue weighted by Crippen LogP contribution is -2.33. The fourth-order valence-corrected chi connectivity index (χ4v) is 2.91. The van der Waals surface area contributed by atoms with Gasteiger partial charge in [-0.05, 0) is 60.3 Å². The lowest BCUT2D eigenvalue weighted by Gasteiger charge is -2.13. The molecule has 0 radical (unpaired) electrons. The van der Waals surface area contributed by atoms with Crippen LogP contribution in [0.25, 0.3) is 6.08 Å². The third-order valence-corrected chi connectivity index (χ3v) is 4.44. The Hall–Kier alpha value is -3.97. The molecule has 3 rings (SSSR count). The molecule has 3 N–H and O–H groups in total. The van der Waals surface area contributed by atoms with Crippen LogP contribution in [0.3, 0.4) is 0 Å². The molecule has 0 saturated heterocycles. The summed E-state index contributed by atoms with van der Waals surface area (Å²) in [5, 5.41) is 8.40. The van der Waals surface area contributed by atoms with Crippen molar-refractivity contribution < 1.29 is 14.3 Å². The predicted octanol–water partition coefficient (Wildman–Crippen LogP) is 4.47. The Balaban J connectivity index is 1.60. The first-order valence-corrected chi connectivity index (χ1v) is 9.85. The van der Waals surface area contributed by atoms with Gasteiger partial charge >= 0.3 is 0 Å². The second kappa shape index (κ2) is 10.7. The van der Waals surface area contributed by atoms with E-state index in [2.05, 4.69) is 16.0 Å². The van der Waals surface area contributed by atoms with E-state index in [4.69, 9.17) is 17.0 Å². The SMILES string of the molecule is COc1ccc(/C=C/C(=O)NC(=S)Nc2ccccc2C(=O)Nc2ccccc2)cc1. The zero-order valence-electron chi connectivity index (χ0n) is 16.8. The van der Waals surface area contributed by atoms with E-state index >= 15 is 0 Å². The molecule has 0 aromatic heterocycles. The van der Waals surface area contributed by atoms with E-state index in [1.165, 1.54) is 6.08 Å². The van der Waals surface area contributed by atoms with Crippen LogP contribution in [0.15, 0.2) is 84.9 Å². The number of hydrogen-bond acceptors (Lipinski definition) is 4. The highest BCUT2D eigenvalue weighted by Crippen LogP contribution is 2.17. The number of nitrogens with one attached hydrogen (secondary N) is 3. The largest absolute Gasteiger partial charge is 0.497 e. The second-order valence-corrected chi connectivity index (χ2v) is 6.82. The number of amides is 2. The quantitative estimate of drug-likeness (QED) is 0.396. The number of para-hydroxylation sites is 2. The molecule has 0 aliphatic carbocycles. The lowest BCUT2D eigenvalue weighted by atomic mass is 10.1. The van der Waals surface area contributed by atoms with E-state index < -0.39 is 0 Å². The summed E-state index contributed by atoms with van der Waals surface area (Å²) in [5.74, 6) is 0.0595. The maximum atomic E-state index is 12.6. The molecule has 3 aromatic carbocycles. The number of methoxy groups -OCH3 is 1. The molecule has 0 aliphatic heterocycles. The smallest absolute Gasteiger partial charge is 0.257 e. The first kappa shape index (κ1) is 21.7. The first-order chi connectivity index (χ1) is 15.0. The number of thiocarbonyl (C=S) groups is 1. The fraction of sp³-hybridized carbons (Fsp3) is 0.0417. The molecule has 6 nitrogen and oxygen atoms in total. The van der Waals surface area contributed by atoms with Crippen LogP contribution in [0.1, 0.15) is 15.9 Å². The van der Waals surface area contributed by atoms with E-state index in [9.17, 15) is 9.59 Å². The van der Waals surface area contributed by atoms with Crippen molar-refractivity contribution >= 4 is 46.6 Å². The second-order valence-electron chi connectivity index (χ2n) is 6.42. The summed E-state index contributed by atoms with van der Waals surface area (Å²) in [4.78, 5) is 24.8. The van der Waals surface area contributed by atoms with Crippen LogP contribution in [0, 0.1) is 0 Å². The number of carbonyl (C=O) groups is 2. The van der Waals surface area contributed by atoms with Gasteiger partial charge in [-0.25, -0.2) is 0 Å². The van der Waals surface area contributed by atoms with Crippen molar-refractivity contribution in [1.82, 2.24) is 5.32 Å². The van der Waals surface area contributed by atoms with Crippen LogP contribution in [0.2, 0.25) is 0 Å². The van der Waals surface area contributed by atoms with Gasteiger partial charge in [-0.3, -0.25) is 14.9 Å². The van der Waals surface area contributed by atoms with E-state index in [0.717, 1.165) is 11.3 Å². The summed E-state index contributed by atoms with van der Waals surface area (Å²) in [6.45, 7) is 0. The first-order valence-electron chi connectivity index (χ1n) is 9.44. The predicted molar refractivity (Wildman–Crippen MR) is 127 cm³/mol. The van der Waals surface area contributed by atoms with Gasteiger partial charge in [0, 0.05) is 11.8 Å². The van der Waals surface area contributed by atoms with Crippen LogP contribution in [0.4, 0.5) is 11.4 Å². The summed E-state index contributed by atoms with van der Waals surface area (Å²) in [6, 6.07) is 23.3. The van der Waals surface area contributed by atoms with Crippen molar-refractivity contribution in [2.45, 2.75) is 0 Å². The molecule has 0 fully saturated rings. The third kappa shape index (κ3) is 6.52. The topological polar surface area (TPSA) is 79.5 Å². The van der Waals surface area contributed by atoms with Gasteiger partial charge in [0.05, 0.1) is 18.4 Å². The highest BCUT2D eigenvalue weighted by atomic mass is 32.1. The van der Waals surface area contributed by atoms with Crippen LogP contribution in [0.5, 0.6) is 5.75 Å². The standard InChI is InChI=1S/C24H21N3O3S/c1-30-19-14-11-17(12-15-19)13-16-22(28)27-24(31)26-21-10-6-5-9-20(21)23(29)25-18-7-3-2-4-8-18/h2-16H,1H3,(H,25,29)(H2,26,27,28,31)/b16-13+. The monoisotopic (exact) mass is 431 g/mol. The highest BCUT2D eigenvalue weighted by Gasteiger charge is 2.12. The number of ether oxygens (including phenoxy) is 1. The number of benzene rings is 3. The van der Waals surface area contributed by atoms with Gasteiger partial charge in [0.15, 0.2) is 5.11 Å². The van der Waals surface area contributed by atoms with E-state index in [0.29, 0.717) is 16.9 Å². The van der Waals surface area contributed by atoms with Gasteiger partial charge in [0.1, 0.15) is 5.75 Å².